The Morgan fingerprint density at radius 2 is 2.09 bits per heavy atom. The Morgan fingerprint density at radius 1 is 1.35 bits per heavy atom. The molecule has 6 heteroatoms. The first kappa shape index (κ1) is 16.8. The van der Waals surface area contributed by atoms with Crippen LogP contribution in [-0.4, -0.2) is 11.7 Å². The van der Waals surface area contributed by atoms with Crippen molar-refractivity contribution in [2.75, 3.05) is 5.32 Å². The summed E-state index contributed by atoms with van der Waals surface area (Å²) >= 11 is 5.92. The molecule has 2 aromatic rings. The van der Waals surface area contributed by atoms with E-state index in [0.29, 0.717) is 34.8 Å². The van der Waals surface area contributed by atoms with E-state index in [1.54, 1.807) is 25.1 Å². The van der Waals surface area contributed by atoms with Crippen molar-refractivity contribution in [3.8, 4) is 6.07 Å². The van der Waals surface area contributed by atoms with Gasteiger partial charge in [-0.3, -0.25) is 9.59 Å². The first-order valence-corrected chi connectivity index (χ1v) is 7.38. The summed E-state index contributed by atoms with van der Waals surface area (Å²) in [6.45, 7) is 3.20. The van der Waals surface area contributed by atoms with Crippen molar-refractivity contribution in [2.45, 2.75) is 26.7 Å². The van der Waals surface area contributed by atoms with Crippen molar-refractivity contribution in [3.63, 3.8) is 0 Å². The summed E-state index contributed by atoms with van der Waals surface area (Å²) in [5.41, 5.74) is 1.42. The van der Waals surface area contributed by atoms with Crippen LogP contribution in [0.15, 0.2) is 28.7 Å². The first-order valence-electron chi connectivity index (χ1n) is 7.00. The second-order valence-corrected chi connectivity index (χ2v) is 5.50. The van der Waals surface area contributed by atoms with E-state index in [-0.39, 0.29) is 23.1 Å². The normalized spacial score (nSPS) is 10.2. The van der Waals surface area contributed by atoms with Crippen LogP contribution in [0.25, 0.3) is 0 Å². The van der Waals surface area contributed by atoms with E-state index in [2.05, 4.69) is 5.32 Å². The Kier molecular flexibility index (Phi) is 5.20. The fourth-order valence-electron chi connectivity index (χ4n) is 2.16. The Balaban J connectivity index is 1.95. The number of nitrogens with one attached hydrogen (secondary N) is 1. The fourth-order valence-corrected chi connectivity index (χ4v) is 2.38. The van der Waals surface area contributed by atoms with Crippen molar-refractivity contribution in [1.82, 2.24) is 0 Å². The fraction of sp³-hybridized carbons (Fsp3) is 0.235. The predicted molar refractivity (Wildman–Crippen MR) is 86.6 cm³/mol. The number of aryl methyl sites for hydroxylation is 2. The summed E-state index contributed by atoms with van der Waals surface area (Å²) in [6, 6.07) is 8.32. The number of nitrogens with zero attached hydrogens (tertiary/aromatic N) is 1. The Hall–Kier alpha value is -2.58. The highest BCUT2D eigenvalue weighted by Crippen LogP contribution is 2.21. The Labute approximate surface area is 138 Å². The van der Waals surface area contributed by atoms with E-state index in [9.17, 15) is 9.59 Å². The van der Waals surface area contributed by atoms with Gasteiger partial charge in [-0.15, -0.1) is 0 Å². The van der Waals surface area contributed by atoms with Gasteiger partial charge in [0.1, 0.15) is 17.6 Å². The minimum Gasteiger partial charge on any atom is -0.466 e. The van der Waals surface area contributed by atoms with Crippen LogP contribution in [0.1, 0.15) is 40.8 Å². The van der Waals surface area contributed by atoms with Gasteiger partial charge < -0.3 is 9.73 Å². The molecule has 0 atom stereocenters. The molecule has 1 aromatic heterocycles. The zero-order chi connectivity index (χ0) is 17.0. The lowest BCUT2D eigenvalue weighted by Crippen LogP contribution is -2.12. The molecule has 0 aliphatic rings. The summed E-state index contributed by atoms with van der Waals surface area (Å²) in [6.07, 6.45) is 0.603. The van der Waals surface area contributed by atoms with Gasteiger partial charge >= 0.3 is 0 Å². The third kappa shape index (κ3) is 4.21. The summed E-state index contributed by atoms with van der Waals surface area (Å²) in [5, 5.41) is 11.8. The number of furan rings is 1. The van der Waals surface area contributed by atoms with E-state index in [1.165, 1.54) is 13.0 Å². The van der Waals surface area contributed by atoms with Gasteiger partial charge in [-0.2, -0.15) is 5.26 Å². The van der Waals surface area contributed by atoms with Crippen LogP contribution < -0.4 is 5.32 Å². The first-order chi connectivity index (χ1) is 10.9. The molecule has 2 rings (SSSR count). The number of benzene rings is 1. The minimum absolute atomic E-state index is 0.0609. The molecule has 0 radical (unpaired) electrons. The molecule has 23 heavy (non-hydrogen) atoms. The third-order valence-electron chi connectivity index (χ3n) is 3.32. The number of carbonyl (C=O) groups is 2. The molecule has 1 amide bonds. The highest BCUT2D eigenvalue weighted by atomic mass is 35.5. The van der Waals surface area contributed by atoms with E-state index in [1.807, 2.05) is 6.07 Å². The van der Waals surface area contributed by atoms with E-state index in [4.69, 9.17) is 21.3 Å². The molecule has 0 bridgehead atoms. The maximum absolute atomic E-state index is 11.9. The lowest BCUT2D eigenvalue weighted by molar-refractivity contribution is -0.116. The average molecular weight is 331 g/mol. The Bertz CT molecular complexity index is 803. The number of Topliss-reactive ketones (excluding diaryl/α,β-unsaturated/α-hetero) is 1. The van der Waals surface area contributed by atoms with E-state index >= 15 is 0 Å². The molecule has 118 valence electrons. The van der Waals surface area contributed by atoms with Gasteiger partial charge in [0.15, 0.2) is 5.78 Å². The molecule has 5 nitrogen and oxygen atoms in total. The van der Waals surface area contributed by atoms with Gasteiger partial charge in [0.25, 0.3) is 0 Å². The summed E-state index contributed by atoms with van der Waals surface area (Å²) < 4.78 is 5.47. The molecule has 0 unspecified atom stereocenters. The third-order valence-corrected chi connectivity index (χ3v) is 3.63. The van der Waals surface area contributed by atoms with E-state index < -0.39 is 0 Å². The summed E-state index contributed by atoms with van der Waals surface area (Å²) in [7, 11) is 0. The molecule has 1 heterocycles. The molecular weight excluding hydrogens is 316 g/mol. The number of ketones is 1. The van der Waals surface area contributed by atoms with Crippen LogP contribution in [0.5, 0.6) is 0 Å². The number of nitriles is 1. The number of rotatable bonds is 5. The van der Waals surface area contributed by atoms with Crippen LogP contribution in [0, 0.1) is 18.3 Å². The quantitative estimate of drug-likeness (QED) is 0.843. The molecule has 1 N–H and O–H groups in total. The molecule has 0 spiro atoms. The topological polar surface area (TPSA) is 83.1 Å². The zero-order valence-electron chi connectivity index (χ0n) is 12.8. The highest BCUT2D eigenvalue weighted by Gasteiger charge is 2.12. The lowest BCUT2D eigenvalue weighted by atomic mass is 10.1. The number of carbonyl (C=O) groups excluding carboxylic acids is 2. The van der Waals surface area contributed by atoms with Crippen LogP contribution in [0.3, 0.4) is 0 Å². The molecule has 0 fully saturated rings. The second-order valence-electron chi connectivity index (χ2n) is 5.09. The molecule has 0 saturated carbocycles. The van der Waals surface area contributed by atoms with Crippen LogP contribution >= 0.6 is 11.6 Å². The highest BCUT2D eigenvalue weighted by molar-refractivity contribution is 6.32. The largest absolute Gasteiger partial charge is 0.466 e. The van der Waals surface area contributed by atoms with Crippen LogP contribution in [-0.2, 0) is 11.2 Å². The predicted octanol–water partition coefficient (Wildman–Crippen LogP) is 3.89. The van der Waals surface area contributed by atoms with Crippen molar-refractivity contribution in [1.29, 1.82) is 5.26 Å². The van der Waals surface area contributed by atoms with Gasteiger partial charge in [-0.1, -0.05) is 11.6 Å². The van der Waals surface area contributed by atoms with Crippen LogP contribution in [0.2, 0.25) is 5.02 Å². The van der Waals surface area contributed by atoms with Crippen molar-refractivity contribution < 1.29 is 14.0 Å². The number of amides is 1. The molecule has 0 aliphatic heterocycles. The monoisotopic (exact) mass is 330 g/mol. The van der Waals surface area contributed by atoms with Gasteiger partial charge in [-0.25, -0.2) is 0 Å². The number of hydrogen-bond donors (Lipinski definition) is 1. The summed E-state index contributed by atoms with van der Waals surface area (Å²) in [5.74, 6) is 0.894. The number of halogens is 1. The molecule has 0 aliphatic carbocycles. The van der Waals surface area contributed by atoms with Crippen molar-refractivity contribution in [2.24, 2.45) is 0 Å². The van der Waals surface area contributed by atoms with Crippen molar-refractivity contribution >= 4 is 29.0 Å². The van der Waals surface area contributed by atoms with Crippen LogP contribution in [0.4, 0.5) is 5.69 Å². The smallest absolute Gasteiger partial charge is 0.224 e. The van der Waals surface area contributed by atoms with Gasteiger partial charge in [0.05, 0.1) is 16.1 Å². The van der Waals surface area contributed by atoms with E-state index in [0.717, 1.165) is 0 Å². The molecule has 0 saturated heterocycles. The second kappa shape index (κ2) is 7.12. The Morgan fingerprint density at radius 3 is 2.65 bits per heavy atom. The molecular formula is C17H15ClN2O3. The zero-order valence-corrected chi connectivity index (χ0v) is 13.5. The minimum atomic E-state index is -0.204. The average Bonchev–Trinajstić information content (AvgIpc) is 2.87. The summed E-state index contributed by atoms with van der Waals surface area (Å²) in [4.78, 5) is 23.3. The standard InChI is InChI=1S/C17H15ClN2O3/c1-10(21)15-8-14(23-11(15)2)5-6-17(22)20-13-4-3-12(9-19)16(18)7-13/h3-4,7-8H,5-6H2,1-2H3,(H,20,22). The lowest BCUT2D eigenvalue weighted by Gasteiger charge is -2.05. The SMILES string of the molecule is CC(=O)c1cc(CCC(=O)Nc2ccc(C#N)c(Cl)c2)oc1C. The number of anilines is 1. The van der Waals surface area contributed by atoms with Gasteiger partial charge in [0.2, 0.25) is 5.91 Å². The van der Waals surface area contributed by atoms with Gasteiger partial charge in [0, 0.05) is 18.5 Å². The molecule has 1 aromatic carbocycles. The maximum Gasteiger partial charge on any atom is 0.224 e. The number of hydrogen-bond acceptors (Lipinski definition) is 4. The van der Waals surface area contributed by atoms with Gasteiger partial charge in [-0.05, 0) is 38.1 Å². The maximum atomic E-state index is 11.9. The van der Waals surface area contributed by atoms with Crippen molar-refractivity contribution in [3.05, 3.63) is 51.9 Å².